The Labute approximate surface area is 132 Å². The molecule has 0 radical (unpaired) electrons. The molecule has 0 aliphatic rings. The molecule has 0 spiro atoms. The minimum absolute atomic E-state index is 0.113. The zero-order valence-corrected chi connectivity index (χ0v) is 13.8. The minimum atomic E-state index is -0.384. The van der Waals surface area contributed by atoms with Gasteiger partial charge in [0.05, 0.1) is 0 Å². The maximum Gasteiger partial charge on any atom is 0.130 e. The number of hydrogen-bond donors (Lipinski definition) is 0. The van der Waals surface area contributed by atoms with Gasteiger partial charge in [-0.3, -0.25) is 0 Å². The van der Waals surface area contributed by atoms with Crippen molar-refractivity contribution in [1.82, 2.24) is 0 Å². The van der Waals surface area contributed by atoms with Crippen molar-refractivity contribution < 1.29 is 8.78 Å². The van der Waals surface area contributed by atoms with Gasteiger partial charge in [0.25, 0.3) is 0 Å². The van der Waals surface area contributed by atoms with E-state index in [1.165, 1.54) is 12.1 Å². The first-order valence-electron chi connectivity index (χ1n) is 7.82. The SMILES string of the molecule is CC(C)Cc1cccc(C(C)(C)Cc2cccc(F)c2)c1F. The van der Waals surface area contributed by atoms with Crippen LogP contribution in [0.25, 0.3) is 0 Å². The Morgan fingerprint density at radius 2 is 1.68 bits per heavy atom. The zero-order chi connectivity index (χ0) is 16.3. The number of rotatable bonds is 5. The summed E-state index contributed by atoms with van der Waals surface area (Å²) in [5.74, 6) is 0.0519. The molecule has 0 fully saturated rings. The summed E-state index contributed by atoms with van der Waals surface area (Å²) < 4.78 is 28.2. The molecule has 2 heteroatoms. The fourth-order valence-electron chi connectivity index (χ4n) is 2.95. The van der Waals surface area contributed by atoms with Crippen molar-refractivity contribution in [3.8, 4) is 0 Å². The zero-order valence-electron chi connectivity index (χ0n) is 13.8. The van der Waals surface area contributed by atoms with E-state index in [0.29, 0.717) is 17.9 Å². The van der Waals surface area contributed by atoms with Crippen molar-refractivity contribution in [2.75, 3.05) is 0 Å². The number of benzene rings is 2. The van der Waals surface area contributed by atoms with Gasteiger partial charge in [0.2, 0.25) is 0 Å². The van der Waals surface area contributed by atoms with Crippen LogP contribution in [0.1, 0.15) is 44.4 Å². The maximum atomic E-state index is 14.8. The highest BCUT2D eigenvalue weighted by Crippen LogP contribution is 2.31. The van der Waals surface area contributed by atoms with Gasteiger partial charge in [-0.05, 0) is 53.0 Å². The molecule has 0 saturated carbocycles. The van der Waals surface area contributed by atoms with Crippen molar-refractivity contribution in [2.24, 2.45) is 5.92 Å². The average Bonchev–Trinajstić information content (AvgIpc) is 2.40. The smallest absolute Gasteiger partial charge is 0.130 e. The Bertz CT molecular complexity index is 642. The van der Waals surface area contributed by atoms with Crippen LogP contribution in [0.2, 0.25) is 0 Å². The standard InChI is InChI=1S/C20H24F2/c1-14(2)11-16-8-6-10-18(19(16)22)20(3,4)13-15-7-5-9-17(21)12-15/h5-10,12,14H,11,13H2,1-4H3. The first kappa shape index (κ1) is 16.7. The number of halogens is 2. The third-order valence-electron chi connectivity index (χ3n) is 3.97. The van der Waals surface area contributed by atoms with Gasteiger partial charge >= 0.3 is 0 Å². The molecule has 0 atom stereocenters. The predicted octanol–water partition coefficient (Wildman–Crippen LogP) is 5.68. The van der Waals surface area contributed by atoms with Gasteiger partial charge < -0.3 is 0 Å². The van der Waals surface area contributed by atoms with Crippen LogP contribution in [-0.4, -0.2) is 0 Å². The Morgan fingerprint density at radius 3 is 2.32 bits per heavy atom. The van der Waals surface area contributed by atoms with E-state index >= 15 is 0 Å². The van der Waals surface area contributed by atoms with Crippen LogP contribution in [-0.2, 0) is 18.3 Å². The average molecular weight is 302 g/mol. The van der Waals surface area contributed by atoms with E-state index in [9.17, 15) is 8.78 Å². The molecule has 0 bridgehead atoms. The lowest BCUT2D eigenvalue weighted by Crippen LogP contribution is -2.23. The lowest BCUT2D eigenvalue weighted by Gasteiger charge is -2.27. The van der Waals surface area contributed by atoms with Gasteiger partial charge in [0.15, 0.2) is 0 Å². The van der Waals surface area contributed by atoms with Crippen molar-refractivity contribution in [2.45, 2.75) is 46.0 Å². The molecule has 0 nitrogen and oxygen atoms in total. The van der Waals surface area contributed by atoms with E-state index in [2.05, 4.69) is 13.8 Å². The Kier molecular flexibility index (Phi) is 5.00. The first-order valence-corrected chi connectivity index (χ1v) is 7.82. The fraction of sp³-hybridized carbons (Fsp3) is 0.400. The van der Waals surface area contributed by atoms with E-state index in [1.54, 1.807) is 6.07 Å². The van der Waals surface area contributed by atoms with Gasteiger partial charge in [-0.1, -0.05) is 58.0 Å². The third kappa shape index (κ3) is 3.94. The molecule has 2 aromatic carbocycles. The van der Waals surface area contributed by atoms with Crippen LogP contribution in [0.15, 0.2) is 42.5 Å². The summed E-state index contributed by atoms with van der Waals surface area (Å²) in [6, 6.07) is 12.2. The van der Waals surface area contributed by atoms with Crippen LogP contribution < -0.4 is 0 Å². The van der Waals surface area contributed by atoms with Crippen molar-refractivity contribution in [3.05, 3.63) is 70.8 Å². The topological polar surface area (TPSA) is 0 Å². The van der Waals surface area contributed by atoms with Crippen molar-refractivity contribution >= 4 is 0 Å². The Morgan fingerprint density at radius 1 is 1.00 bits per heavy atom. The van der Waals surface area contributed by atoms with E-state index in [1.807, 2.05) is 38.1 Å². The Hall–Kier alpha value is -1.70. The van der Waals surface area contributed by atoms with E-state index in [-0.39, 0.29) is 17.0 Å². The van der Waals surface area contributed by atoms with E-state index in [4.69, 9.17) is 0 Å². The molecular weight excluding hydrogens is 278 g/mol. The molecule has 0 aliphatic heterocycles. The van der Waals surface area contributed by atoms with Gasteiger partial charge in [0, 0.05) is 0 Å². The number of hydrogen-bond acceptors (Lipinski definition) is 0. The second-order valence-corrected chi connectivity index (χ2v) is 7.07. The van der Waals surface area contributed by atoms with Gasteiger partial charge in [-0.15, -0.1) is 0 Å². The van der Waals surface area contributed by atoms with Gasteiger partial charge in [0.1, 0.15) is 11.6 Å². The molecule has 0 aromatic heterocycles. The summed E-state index contributed by atoms with van der Waals surface area (Å²) in [5, 5.41) is 0. The molecule has 0 aliphatic carbocycles. The monoisotopic (exact) mass is 302 g/mol. The molecule has 2 aromatic rings. The maximum absolute atomic E-state index is 14.8. The molecule has 0 amide bonds. The normalized spacial score (nSPS) is 12.0. The molecule has 0 unspecified atom stereocenters. The van der Waals surface area contributed by atoms with Crippen LogP contribution in [0, 0.1) is 17.6 Å². The summed E-state index contributed by atoms with van der Waals surface area (Å²) in [7, 11) is 0. The van der Waals surface area contributed by atoms with Crippen LogP contribution in [0.4, 0.5) is 8.78 Å². The molecular formula is C20H24F2. The van der Waals surface area contributed by atoms with E-state index < -0.39 is 0 Å². The molecule has 0 N–H and O–H groups in total. The third-order valence-corrected chi connectivity index (χ3v) is 3.97. The second kappa shape index (κ2) is 6.60. The molecule has 0 saturated heterocycles. The summed E-state index contributed by atoms with van der Waals surface area (Å²) in [4.78, 5) is 0. The second-order valence-electron chi connectivity index (χ2n) is 7.07. The predicted molar refractivity (Wildman–Crippen MR) is 88.1 cm³/mol. The van der Waals surface area contributed by atoms with Crippen molar-refractivity contribution in [1.29, 1.82) is 0 Å². The van der Waals surface area contributed by atoms with Gasteiger partial charge in [-0.25, -0.2) is 8.78 Å². The highest BCUT2D eigenvalue weighted by molar-refractivity contribution is 5.34. The van der Waals surface area contributed by atoms with E-state index in [0.717, 1.165) is 17.5 Å². The lowest BCUT2D eigenvalue weighted by atomic mass is 9.78. The van der Waals surface area contributed by atoms with Crippen LogP contribution >= 0.6 is 0 Å². The fourth-order valence-corrected chi connectivity index (χ4v) is 2.95. The lowest BCUT2D eigenvalue weighted by molar-refractivity contribution is 0.470. The summed E-state index contributed by atoms with van der Waals surface area (Å²) >= 11 is 0. The highest BCUT2D eigenvalue weighted by Gasteiger charge is 2.26. The summed E-state index contributed by atoms with van der Waals surface area (Å²) in [5.41, 5.74) is 1.97. The molecule has 2 rings (SSSR count). The first-order chi connectivity index (χ1) is 10.3. The van der Waals surface area contributed by atoms with Crippen LogP contribution in [0.5, 0.6) is 0 Å². The largest absolute Gasteiger partial charge is 0.207 e. The molecule has 0 heterocycles. The minimum Gasteiger partial charge on any atom is -0.207 e. The molecule has 22 heavy (non-hydrogen) atoms. The highest BCUT2D eigenvalue weighted by atomic mass is 19.1. The molecule has 118 valence electrons. The quantitative estimate of drug-likeness (QED) is 0.666. The van der Waals surface area contributed by atoms with Crippen molar-refractivity contribution in [3.63, 3.8) is 0 Å². The van der Waals surface area contributed by atoms with Crippen LogP contribution in [0.3, 0.4) is 0 Å². The van der Waals surface area contributed by atoms with Gasteiger partial charge in [-0.2, -0.15) is 0 Å². The summed E-state index contributed by atoms with van der Waals surface area (Å²) in [6.07, 6.45) is 1.34. The summed E-state index contributed by atoms with van der Waals surface area (Å²) in [6.45, 7) is 8.19. The Balaban J connectivity index is 2.32.